The highest BCUT2D eigenvalue weighted by molar-refractivity contribution is 5.56. The van der Waals surface area contributed by atoms with Crippen molar-refractivity contribution in [2.45, 2.75) is 6.54 Å². The van der Waals surface area contributed by atoms with E-state index in [0.717, 1.165) is 30.7 Å². The lowest BCUT2D eigenvalue weighted by Gasteiger charge is -2.28. The molecule has 0 aromatic carbocycles. The van der Waals surface area contributed by atoms with Crippen molar-refractivity contribution in [1.29, 1.82) is 5.26 Å². The highest BCUT2D eigenvalue weighted by Gasteiger charge is 2.14. The van der Waals surface area contributed by atoms with Gasteiger partial charge in [0.15, 0.2) is 0 Å². The van der Waals surface area contributed by atoms with Crippen LogP contribution in [-0.2, 0) is 11.3 Å². The van der Waals surface area contributed by atoms with E-state index in [4.69, 9.17) is 10.00 Å². The summed E-state index contributed by atoms with van der Waals surface area (Å²) in [5.74, 6) is 1.19. The summed E-state index contributed by atoms with van der Waals surface area (Å²) in [6.45, 7) is 3.39. The van der Waals surface area contributed by atoms with Gasteiger partial charge in [0, 0.05) is 31.9 Å². The van der Waals surface area contributed by atoms with Crippen LogP contribution in [0.4, 0.5) is 17.3 Å². The Kier molecular flexibility index (Phi) is 5.01. The van der Waals surface area contributed by atoms with Crippen LogP contribution in [0.1, 0.15) is 11.1 Å². The van der Waals surface area contributed by atoms with Gasteiger partial charge in [0.05, 0.1) is 18.1 Å². The predicted molar refractivity (Wildman–Crippen MR) is 90.2 cm³/mol. The Labute approximate surface area is 144 Å². The molecule has 1 saturated heterocycles. The topological polar surface area (TPSA) is 117 Å². The van der Waals surface area contributed by atoms with Crippen LogP contribution in [0.15, 0.2) is 30.6 Å². The van der Waals surface area contributed by atoms with Crippen molar-refractivity contribution < 1.29 is 9.66 Å². The Balaban J connectivity index is 1.71. The smallest absolute Gasteiger partial charge is 0.289 e. The minimum Gasteiger partial charge on any atom is -0.378 e. The van der Waals surface area contributed by atoms with Gasteiger partial charge >= 0.3 is 0 Å². The van der Waals surface area contributed by atoms with Gasteiger partial charge in [0.2, 0.25) is 0 Å². The van der Waals surface area contributed by atoms with E-state index in [9.17, 15) is 10.1 Å². The van der Waals surface area contributed by atoms with Gasteiger partial charge in [-0.1, -0.05) is 0 Å². The molecule has 2 aromatic rings. The first-order chi connectivity index (χ1) is 12.2. The van der Waals surface area contributed by atoms with Crippen molar-refractivity contribution in [1.82, 2.24) is 9.97 Å². The van der Waals surface area contributed by atoms with E-state index in [1.165, 1.54) is 6.07 Å². The summed E-state index contributed by atoms with van der Waals surface area (Å²) >= 11 is 0. The molecule has 3 heterocycles. The first-order valence-corrected chi connectivity index (χ1v) is 7.73. The van der Waals surface area contributed by atoms with E-state index < -0.39 is 4.92 Å². The van der Waals surface area contributed by atoms with Crippen LogP contribution in [0.2, 0.25) is 0 Å². The molecule has 3 rings (SSSR count). The van der Waals surface area contributed by atoms with E-state index in [1.807, 2.05) is 18.2 Å². The summed E-state index contributed by atoms with van der Waals surface area (Å²) in [6.07, 6.45) is 2.87. The van der Waals surface area contributed by atoms with Crippen LogP contribution in [0.3, 0.4) is 0 Å². The first kappa shape index (κ1) is 16.6. The predicted octanol–water partition coefficient (Wildman–Crippen LogP) is 1.71. The molecule has 0 radical (unpaired) electrons. The maximum Gasteiger partial charge on any atom is 0.289 e. The van der Waals surface area contributed by atoms with Crippen molar-refractivity contribution in [3.05, 3.63) is 51.8 Å². The van der Waals surface area contributed by atoms with Crippen molar-refractivity contribution in [3.63, 3.8) is 0 Å². The van der Waals surface area contributed by atoms with Crippen molar-refractivity contribution in [2.24, 2.45) is 0 Å². The zero-order valence-corrected chi connectivity index (χ0v) is 13.4. The van der Waals surface area contributed by atoms with Gasteiger partial charge in [-0.05, 0) is 17.7 Å². The number of anilines is 2. The minimum atomic E-state index is -0.574. The lowest BCUT2D eigenvalue weighted by Crippen LogP contribution is -2.36. The summed E-state index contributed by atoms with van der Waals surface area (Å²) in [4.78, 5) is 20.7. The number of rotatable bonds is 5. The maximum absolute atomic E-state index is 10.8. The third kappa shape index (κ3) is 3.99. The van der Waals surface area contributed by atoms with E-state index in [-0.39, 0.29) is 11.3 Å². The molecule has 1 fully saturated rings. The number of nitrogens with one attached hydrogen (secondary N) is 1. The molecule has 1 aliphatic heterocycles. The number of pyridine rings is 2. The van der Waals surface area contributed by atoms with Gasteiger partial charge in [-0.25, -0.2) is 9.97 Å². The van der Waals surface area contributed by atoms with Gasteiger partial charge in [0.1, 0.15) is 29.5 Å². The highest BCUT2D eigenvalue weighted by Crippen LogP contribution is 2.20. The van der Waals surface area contributed by atoms with Crippen LogP contribution >= 0.6 is 0 Å². The highest BCUT2D eigenvalue weighted by atomic mass is 16.6. The molecule has 0 amide bonds. The summed E-state index contributed by atoms with van der Waals surface area (Å²) < 4.78 is 5.34. The van der Waals surface area contributed by atoms with E-state index >= 15 is 0 Å². The molecule has 128 valence electrons. The van der Waals surface area contributed by atoms with E-state index in [0.29, 0.717) is 25.6 Å². The molecule has 0 bridgehead atoms. The summed E-state index contributed by atoms with van der Waals surface area (Å²) in [5, 5.41) is 23.0. The Morgan fingerprint density at radius 1 is 1.36 bits per heavy atom. The maximum atomic E-state index is 10.8. The molecular weight excluding hydrogens is 324 g/mol. The Bertz CT molecular complexity index is 814. The number of hydrogen-bond donors (Lipinski definition) is 1. The second-order valence-electron chi connectivity index (χ2n) is 5.43. The standard InChI is InChI=1S/C16H16N6O3/c17-9-13-8-14(22(23)24)11-20-16(13)19-10-12-1-2-18-15(7-12)21-3-5-25-6-4-21/h1-2,7-8,11H,3-6,10H2,(H,19,20). The molecule has 9 heteroatoms. The number of ether oxygens (including phenoxy) is 1. The van der Waals surface area contributed by atoms with E-state index in [2.05, 4.69) is 20.2 Å². The lowest BCUT2D eigenvalue weighted by molar-refractivity contribution is -0.385. The molecule has 0 saturated carbocycles. The van der Waals surface area contributed by atoms with Crippen molar-refractivity contribution in [3.8, 4) is 6.07 Å². The molecular formula is C16H16N6O3. The third-order valence-electron chi connectivity index (χ3n) is 3.81. The molecule has 1 N–H and O–H groups in total. The van der Waals surface area contributed by atoms with Gasteiger partial charge < -0.3 is 15.0 Å². The number of nitriles is 1. The zero-order valence-electron chi connectivity index (χ0n) is 13.4. The van der Waals surface area contributed by atoms with Crippen LogP contribution in [-0.4, -0.2) is 41.2 Å². The minimum absolute atomic E-state index is 0.136. The second-order valence-corrected chi connectivity index (χ2v) is 5.43. The van der Waals surface area contributed by atoms with Gasteiger partial charge in [-0.15, -0.1) is 0 Å². The quantitative estimate of drug-likeness (QED) is 0.645. The summed E-state index contributed by atoms with van der Waals surface area (Å²) in [7, 11) is 0. The van der Waals surface area contributed by atoms with Crippen LogP contribution in [0.25, 0.3) is 0 Å². The summed E-state index contributed by atoms with van der Waals surface area (Å²) in [6, 6.07) is 6.97. The number of hydrogen-bond acceptors (Lipinski definition) is 8. The van der Waals surface area contributed by atoms with Crippen molar-refractivity contribution in [2.75, 3.05) is 36.5 Å². The van der Waals surface area contributed by atoms with Crippen LogP contribution in [0, 0.1) is 21.4 Å². The van der Waals surface area contributed by atoms with Gasteiger partial charge in [0.25, 0.3) is 5.69 Å². The van der Waals surface area contributed by atoms with Crippen molar-refractivity contribution >= 4 is 17.3 Å². The number of nitro groups is 1. The van der Waals surface area contributed by atoms with Gasteiger partial charge in [-0.2, -0.15) is 5.26 Å². The molecule has 25 heavy (non-hydrogen) atoms. The molecule has 0 aliphatic carbocycles. The average molecular weight is 340 g/mol. The summed E-state index contributed by atoms with van der Waals surface area (Å²) in [5.41, 5.74) is 0.901. The Hall–Kier alpha value is -3.25. The number of morpholine rings is 1. The third-order valence-corrected chi connectivity index (χ3v) is 3.81. The molecule has 0 atom stereocenters. The lowest BCUT2D eigenvalue weighted by atomic mass is 10.2. The fraction of sp³-hybridized carbons (Fsp3) is 0.312. The van der Waals surface area contributed by atoms with Crippen LogP contribution in [0.5, 0.6) is 0 Å². The van der Waals surface area contributed by atoms with Gasteiger partial charge in [-0.3, -0.25) is 10.1 Å². The number of aromatic nitrogens is 2. The second kappa shape index (κ2) is 7.55. The normalized spacial score (nSPS) is 14.0. The fourth-order valence-corrected chi connectivity index (χ4v) is 2.50. The number of nitrogens with zero attached hydrogens (tertiary/aromatic N) is 5. The largest absolute Gasteiger partial charge is 0.378 e. The van der Waals surface area contributed by atoms with E-state index in [1.54, 1.807) is 6.20 Å². The molecule has 0 spiro atoms. The molecule has 9 nitrogen and oxygen atoms in total. The molecule has 2 aromatic heterocycles. The first-order valence-electron chi connectivity index (χ1n) is 7.73. The molecule has 1 aliphatic rings. The Morgan fingerprint density at radius 3 is 2.88 bits per heavy atom. The average Bonchev–Trinajstić information content (AvgIpc) is 2.67. The zero-order chi connectivity index (χ0) is 17.6. The Morgan fingerprint density at radius 2 is 2.16 bits per heavy atom. The SMILES string of the molecule is N#Cc1cc([N+](=O)[O-])cnc1NCc1ccnc(N2CCOCC2)c1. The monoisotopic (exact) mass is 340 g/mol. The fourth-order valence-electron chi connectivity index (χ4n) is 2.50. The van der Waals surface area contributed by atoms with Crippen LogP contribution < -0.4 is 10.2 Å². The molecule has 0 unspecified atom stereocenters.